The predicted molar refractivity (Wildman–Crippen MR) is 62.0 cm³/mol. The van der Waals surface area contributed by atoms with Crippen molar-refractivity contribution in [3.63, 3.8) is 0 Å². The number of carboxylic acids is 1. The van der Waals surface area contributed by atoms with Gasteiger partial charge in [-0.15, -0.1) is 11.3 Å². The number of hydrogen-bond acceptors (Lipinski definition) is 3. The second kappa shape index (κ2) is 5.14. The van der Waals surface area contributed by atoms with Gasteiger partial charge in [-0.25, -0.2) is 13.6 Å². The number of carbonyl (C=O) groups is 1. The van der Waals surface area contributed by atoms with E-state index < -0.39 is 17.6 Å². The molecule has 1 aromatic carbocycles. The van der Waals surface area contributed by atoms with E-state index in [9.17, 15) is 13.6 Å². The zero-order valence-electron chi connectivity index (χ0n) is 9.02. The van der Waals surface area contributed by atoms with E-state index in [1.165, 1.54) is 12.1 Å². The Morgan fingerprint density at radius 1 is 1.33 bits per heavy atom. The fraction of sp³-hybridized carbons (Fsp3) is 0.0833. The SMILES string of the molecule is O=C(O)c1cc(COc2ccc(F)cc2F)cs1. The van der Waals surface area contributed by atoms with Gasteiger partial charge >= 0.3 is 5.97 Å². The molecule has 0 saturated heterocycles. The van der Waals surface area contributed by atoms with Crippen LogP contribution in [0.3, 0.4) is 0 Å². The Bertz CT molecular complexity index is 580. The average molecular weight is 270 g/mol. The van der Waals surface area contributed by atoms with Crippen molar-refractivity contribution in [3.8, 4) is 5.75 Å². The molecular formula is C12H8F2O3S. The van der Waals surface area contributed by atoms with Crippen LogP contribution in [-0.2, 0) is 6.61 Å². The molecule has 3 nitrogen and oxygen atoms in total. The molecule has 0 spiro atoms. The summed E-state index contributed by atoms with van der Waals surface area (Å²) in [6.07, 6.45) is 0. The molecule has 0 atom stereocenters. The average Bonchev–Trinajstić information content (AvgIpc) is 2.76. The number of hydrogen-bond donors (Lipinski definition) is 1. The number of aromatic carboxylic acids is 1. The molecule has 2 rings (SSSR count). The van der Waals surface area contributed by atoms with Crippen LogP contribution in [0, 0.1) is 11.6 Å². The van der Waals surface area contributed by atoms with E-state index in [-0.39, 0.29) is 17.2 Å². The van der Waals surface area contributed by atoms with Gasteiger partial charge in [0.25, 0.3) is 0 Å². The molecule has 0 bridgehead atoms. The lowest BCUT2D eigenvalue weighted by Gasteiger charge is -2.05. The molecule has 0 fully saturated rings. The van der Waals surface area contributed by atoms with Gasteiger partial charge in [-0.3, -0.25) is 0 Å². The van der Waals surface area contributed by atoms with Crippen LogP contribution in [0.2, 0.25) is 0 Å². The maximum atomic E-state index is 13.2. The summed E-state index contributed by atoms with van der Waals surface area (Å²) >= 11 is 1.07. The van der Waals surface area contributed by atoms with E-state index in [1.807, 2.05) is 0 Å². The highest BCUT2D eigenvalue weighted by Crippen LogP contribution is 2.21. The third-order valence-corrected chi connectivity index (χ3v) is 3.12. The van der Waals surface area contributed by atoms with Crippen LogP contribution >= 0.6 is 11.3 Å². The number of halogens is 2. The summed E-state index contributed by atoms with van der Waals surface area (Å²) in [5, 5.41) is 10.3. The van der Waals surface area contributed by atoms with Crippen LogP contribution in [0.4, 0.5) is 8.78 Å². The van der Waals surface area contributed by atoms with Crippen LogP contribution in [0.15, 0.2) is 29.6 Å². The summed E-state index contributed by atoms with van der Waals surface area (Å²) in [4.78, 5) is 10.8. The topological polar surface area (TPSA) is 46.5 Å². The Morgan fingerprint density at radius 3 is 2.72 bits per heavy atom. The van der Waals surface area contributed by atoms with Gasteiger partial charge in [0.2, 0.25) is 0 Å². The third kappa shape index (κ3) is 2.84. The van der Waals surface area contributed by atoms with Gasteiger partial charge in [0.1, 0.15) is 17.3 Å². The van der Waals surface area contributed by atoms with Gasteiger partial charge in [-0.2, -0.15) is 0 Å². The minimum Gasteiger partial charge on any atom is -0.486 e. The fourth-order valence-corrected chi connectivity index (χ4v) is 2.05. The summed E-state index contributed by atoms with van der Waals surface area (Å²) in [6.45, 7) is 0.0341. The molecule has 6 heteroatoms. The Morgan fingerprint density at radius 2 is 2.11 bits per heavy atom. The Kier molecular flexibility index (Phi) is 3.57. The molecule has 1 aromatic heterocycles. The molecule has 0 unspecified atom stereocenters. The Hall–Kier alpha value is -1.95. The van der Waals surface area contributed by atoms with Gasteiger partial charge in [-0.1, -0.05) is 0 Å². The Balaban J connectivity index is 2.04. The number of benzene rings is 1. The van der Waals surface area contributed by atoms with Crippen LogP contribution in [-0.4, -0.2) is 11.1 Å². The van der Waals surface area contributed by atoms with Crippen LogP contribution in [0.25, 0.3) is 0 Å². The quantitative estimate of drug-likeness (QED) is 0.927. The van der Waals surface area contributed by atoms with Crippen LogP contribution in [0.1, 0.15) is 15.2 Å². The zero-order chi connectivity index (χ0) is 13.1. The van der Waals surface area contributed by atoms with E-state index in [2.05, 4.69) is 0 Å². The molecule has 0 aliphatic rings. The lowest BCUT2D eigenvalue weighted by Crippen LogP contribution is -1.97. The smallest absolute Gasteiger partial charge is 0.345 e. The van der Waals surface area contributed by atoms with Gasteiger partial charge in [0, 0.05) is 11.6 Å². The molecule has 0 aliphatic heterocycles. The van der Waals surface area contributed by atoms with Gasteiger partial charge in [0.15, 0.2) is 11.6 Å². The zero-order valence-corrected chi connectivity index (χ0v) is 9.84. The molecule has 0 radical (unpaired) electrons. The van der Waals surface area contributed by atoms with E-state index in [4.69, 9.17) is 9.84 Å². The fourth-order valence-electron chi connectivity index (χ4n) is 1.32. The summed E-state index contributed by atoms with van der Waals surface area (Å²) in [6, 6.07) is 4.46. The van der Waals surface area contributed by atoms with Crippen molar-refractivity contribution < 1.29 is 23.4 Å². The molecule has 1 N–H and O–H groups in total. The molecule has 18 heavy (non-hydrogen) atoms. The van der Waals surface area contributed by atoms with E-state index >= 15 is 0 Å². The first-order valence-electron chi connectivity index (χ1n) is 4.95. The van der Waals surface area contributed by atoms with E-state index in [0.29, 0.717) is 5.56 Å². The molecular weight excluding hydrogens is 262 g/mol. The lowest BCUT2D eigenvalue weighted by molar-refractivity contribution is 0.0702. The van der Waals surface area contributed by atoms with Crippen molar-refractivity contribution in [1.29, 1.82) is 0 Å². The summed E-state index contributed by atoms with van der Waals surface area (Å²) in [5.41, 5.74) is 0.626. The number of thiophene rings is 1. The number of ether oxygens (including phenoxy) is 1. The van der Waals surface area contributed by atoms with Gasteiger partial charge in [-0.05, 0) is 23.6 Å². The summed E-state index contributed by atoms with van der Waals surface area (Å²) in [7, 11) is 0. The van der Waals surface area contributed by atoms with Crippen molar-refractivity contribution >= 4 is 17.3 Å². The molecule has 0 amide bonds. The minimum atomic E-state index is -1.01. The summed E-state index contributed by atoms with van der Waals surface area (Å²) < 4.78 is 31.0. The normalized spacial score (nSPS) is 10.3. The first-order valence-corrected chi connectivity index (χ1v) is 5.83. The summed E-state index contributed by atoms with van der Waals surface area (Å²) in [5.74, 6) is -2.55. The maximum absolute atomic E-state index is 13.2. The number of rotatable bonds is 4. The van der Waals surface area contributed by atoms with Crippen molar-refractivity contribution in [1.82, 2.24) is 0 Å². The standard InChI is InChI=1S/C12H8F2O3S/c13-8-1-2-10(9(14)4-8)17-5-7-3-11(12(15)16)18-6-7/h1-4,6H,5H2,(H,15,16). The maximum Gasteiger partial charge on any atom is 0.345 e. The highest BCUT2D eigenvalue weighted by molar-refractivity contribution is 7.12. The molecule has 2 aromatic rings. The first-order chi connectivity index (χ1) is 8.56. The molecule has 94 valence electrons. The van der Waals surface area contributed by atoms with Gasteiger partial charge < -0.3 is 9.84 Å². The second-order valence-electron chi connectivity index (χ2n) is 3.49. The second-order valence-corrected chi connectivity index (χ2v) is 4.40. The van der Waals surface area contributed by atoms with Crippen molar-refractivity contribution in [3.05, 3.63) is 51.7 Å². The minimum absolute atomic E-state index is 0.0341. The highest BCUT2D eigenvalue weighted by atomic mass is 32.1. The third-order valence-electron chi connectivity index (χ3n) is 2.15. The lowest BCUT2D eigenvalue weighted by atomic mass is 10.3. The van der Waals surface area contributed by atoms with E-state index in [0.717, 1.165) is 23.5 Å². The van der Waals surface area contributed by atoms with Crippen molar-refractivity contribution in [2.24, 2.45) is 0 Å². The molecule has 0 aliphatic carbocycles. The van der Waals surface area contributed by atoms with Crippen LogP contribution < -0.4 is 4.74 Å². The van der Waals surface area contributed by atoms with Crippen molar-refractivity contribution in [2.75, 3.05) is 0 Å². The monoisotopic (exact) mass is 270 g/mol. The number of carboxylic acid groups (broad SMARTS) is 1. The predicted octanol–water partition coefficient (Wildman–Crippen LogP) is 3.30. The first kappa shape index (κ1) is 12.5. The van der Waals surface area contributed by atoms with Crippen molar-refractivity contribution in [2.45, 2.75) is 6.61 Å². The van der Waals surface area contributed by atoms with E-state index in [1.54, 1.807) is 5.38 Å². The Labute approximate surface area is 105 Å². The molecule has 0 saturated carbocycles. The van der Waals surface area contributed by atoms with Crippen LogP contribution in [0.5, 0.6) is 5.75 Å². The van der Waals surface area contributed by atoms with Gasteiger partial charge in [0.05, 0.1) is 0 Å². The highest BCUT2D eigenvalue weighted by Gasteiger charge is 2.09. The molecule has 1 heterocycles. The largest absolute Gasteiger partial charge is 0.486 e.